The molecule has 0 unspecified atom stereocenters. The van der Waals surface area contributed by atoms with Gasteiger partial charge in [-0.3, -0.25) is 4.72 Å². The van der Waals surface area contributed by atoms with E-state index in [4.69, 9.17) is 11.6 Å². The first-order valence-electron chi connectivity index (χ1n) is 7.88. The van der Waals surface area contributed by atoms with Crippen molar-refractivity contribution in [2.45, 2.75) is 22.6 Å². The predicted molar refractivity (Wildman–Crippen MR) is 96.6 cm³/mol. The molecule has 1 aliphatic heterocycles. The molecular weight excluding hydrogens is 422 g/mol. The van der Waals surface area contributed by atoms with Crippen molar-refractivity contribution in [3.05, 3.63) is 53.1 Å². The summed E-state index contributed by atoms with van der Waals surface area (Å²) >= 11 is 5.98. The molecule has 1 saturated heterocycles. The third-order valence-corrected chi connectivity index (χ3v) is 7.60. The SMILES string of the molecule is O=S(=O)(Nc1cc(S(=O)(=O)N2CCCC2)ccc1Cl)c1cc(F)cc(F)c1. The van der Waals surface area contributed by atoms with Crippen LogP contribution in [0.1, 0.15) is 12.8 Å². The average molecular weight is 437 g/mol. The van der Waals surface area contributed by atoms with Crippen molar-refractivity contribution in [3.63, 3.8) is 0 Å². The van der Waals surface area contributed by atoms with Gasteiger partial charge < -0.3 is 0 Å². The standard InChI is InChI=1S/C16H15ClF2N2O4S2/c17-15-4-3-13(27(24,25)21-5-1-2-6-21)10-16(15)20-26(22,23)14-8-11(18)7-12(19)9-14/h3-4,7-10,20H,1-2,5-6H2. The number of hydrogen-bond acceptors (Lipinski definition) is 4. The summed E-state index contributed by atoms with van der Waals surface area (Å²) in [6.07, 6.45) is 1.49. The minimum atomic E-state index is -4.38. The molecule has 0 amide bonds. The van der Waals surface area contributed by atoms with Crippen LogP contribution in [-0.2, 0) is 20.0 Å². The Morgan fingerprint density at radius 3 is 2.07 bits per heavy atom. The summed E-state index contributed by atoms with van der Waals surface area (Å²) in [5.74, 6) is -2.13. The van der Waals surface area contributed by atoms with E-state index in [1.54, 1.807) is 0 Å². The van der Waals surface area contributed by atoms with Crippen LogP contribution < -0.4 is 4.72 Å². The Morgan fingerprint density at radius 2 is 1.48 bits per heavy atom. The van der Waals surface area contributed by atoms with Gasteiger partial charge in [0.15, 0.2) is 0 Å². The molecule has 2 aromatic carbocycles. The van der Waals surface area contributed by atoms with Gasteiger partial charge in [-0.25, -0.2) is 25.6 Å². The Bertz CT molecular complexity index is 1070. The zero-order chi connectivity index (χ0) is 19.8. The Kier molecular flexibility index (Phi) is 5.44. The zero-order valence-electron chi connectivity index (χ0n) is 13.8. The van der Waals surface area contributed by atoms with Crippen molar-refractivity contribution >= 4 is 37.3 Å². The maximum atomic E-state index is 13.3. The summed E-state index contributed by atoms with van der Waals surface area (Å²) in [7, 11) is -8.18. The lowest BCUT2D eigenvalue weighted by atomic mass is 10.3. The van der Waals surface area contributed by atoms with Crippen molar-refractivity contribution in [2.24, 2.45) is 0 Å². The molecule has 11 heteroatoms. The Morgan fingerprint density at radius 1 is 0.889 bits per heavy atom. The van der Waals surface area contributed by atoms with Crippen LogP contribution in [0.25, 0.3) is 0 Å². The first-order valence-corrected chi connectivity index (χ1v) is 11.2. The second-order valence-electron chi connectivity index (χ2n) is 5.96. The van der Waals surface area contributed by atoms with E-state index < -0.39 is 36.6 Å². The lowest BCUT2D eigenvalue weighted by Crippen LogP contribution is -2.28. The van der Waals surface area contributed by atoms with Gasteiger partial charge in [-0.15, -0.1) is 0 Å². The van der Waals surface area contributed by atoms with Gasteiger partial charge in [-0.2, -0.15) is 4.31 Å². The molecular formula is C16H15ClF2N2O4S2. The Labute approximate surface area is 160 Å². The highest BCUT2D eigenvalue weighted by Crippen LogP contribution is 2.30. The maximum Gasteiger partial charge on any atom is 0.262 e. The van der Waals surface area contributed by atoms with E-state index >= 15 is 0 Å². The summed E-state index contributed by atoms with van der Waals surface area (Å²) in [6, 6.07) is 5.43. The minimum Gasteiger partial charge on any atom is -0.278 e. The van der Waals surface area contributed by atoms with Gasteiger partial charge in [0.25, 0.3) is 10.0 Å². The number of nitrogens with one attached hydrogen (secondary N) is 1. The molecule has 0 atom stereocenters. The number of anilines is 1. The van der Waals surface area contributed by atoms with Crippen LogP contribution in [0.2, 0.25) is 5.02 Å². The van der Waals surface area contributed by atoms with E-state index in [0.717, 1.165) is 18.9 Å². The Balaban J connectivity index is 1.97. The summed E-state index contributed by atoms with van der Waals surface area (Å²) in [5.41, 5.74) is -0.207. The van der Waals surface area contributed by atoms with E-state index in [1.165, 1.54) is 16.4 Å². The fourth-order valence-electron chi connectivity index (χ4n) is 2.71. The van der Waals surface area contributed by atoms with Gasteiger partial charge in [-0.1, -0.05) is 11.6 Å². The van der Waals surface area contributed by atoms with Gasteiger partial charge in [0.2, 0.25) is 10.0 Å². The number of halogens is 3. The smallest absolute Gasteiger partial charge is 0.262 e. The Hall–Kier alpha value is -1.75. The topological polar surface area (TPSA) is 83.5 Å². The lowest BCUT2D eigenvalue weighted by Gasteiger charge is -2.17. The van der Waals surface area contributed by atoms with E-state index in [9.17, 15) is 25.6 Å². The molecule has 0 radical (unpaired) electrons. The predicted octanol–water partition coefficient (Wildman–Crippen LogP) is 3.20. The highest BCUT2D eigenvalue weighted by atomic mass is 35.5. The number of nitrogens with zero attached hydrogens (tertiary/aromatic N) is 1. The third kappa shape index (κ3) is 4.23. The molecule has 1 fully saturated rings. The molecule has 6 nitrogen and oxygen atoms in total. The van der Waals surface area contributed by atoms with Crippen LogP contribution in [-0.4, -0.2) is 34.2 Å². The van der Waals surface area contributed by atoms with Crippen molar-refractivity contribution in [1.29, 1.82) is 0 Å². The van der Waals surface area contributed by atoms with Gasteiger partial charge in [0.1, 0.15) is 11.6 Å². The number of hydrogen-bond donors (Lipinski definition) is 1. The van der Waals surface area contributed by atoms with E-state index in [2.05, 4.69) is 4.72 Å². The summed E-state index contributed by atoms with van der Waals surface area (Å²) < 4.78 is 80.1. The molecule has 2 aromatic rings. The zero-order valence-corrected chi connectivity index (χ0v) is 16.2. The monoisotopic (exact) mass is 436 g/mol. The third-order valence-electron chi connectivity index (χ3n) is 4.03. The van der Waals surface area contributed by atoms with Crippen molar-refractivity contribution in [2.75, 3.05) is 17.8 Å². The average Bonchev–Trinajstić information content (AvgIpc) is 3.11. The minimum absolute atomic E-state index is 0.0594. The van der Waals surface area contributed by atoms with E-state index in [-0.39, 0.29) is 15.6 Å². The molecule has 0 bridgehead atoms. The highest BCUT2D eigenvalue weighted by molar-refractivity contribution is 7.92. The van der Waals surface area contributed by atoms with E-state index in [1.807, 2.05) is 0 Å². The fourth-order valence-corrected chi connectivity index (χ4v) is 5.58. The maximum absolute atomic E-state index is 13.3. The summed E-state index contributed by atoms with van der Waals surface area (Å²) in [6.45, 7) is 0.767. The molecule has 27 heavy (non-hydrogen) atoms. The number of rotatable bonds is 5. The normalized spacial score (nSPS) is 15.8. The van der Waals surface area contributed by atoms with Crippen molar-refractivity contribution in [3.8, 4) is 0 Å². The van der Waals surface area contributed by atoms with Gasteiger partial charge >= 0.3 is 0 Å². The molecule has 0 spiro atoms. The van der Waals surface area contributed by atoms with Crippen molar-refractivity contribution < 1.29 is 25.6 Å². The number of benzene rings is 2. The van der Waals surface area contributed by atoms with Crippen LogP contribution in [0.3, 0.4) is 0 Å². The van der Waals surface area contributed by atoms with Crippen LogP contribution in [0.4, 0.5) is 14.5 Å². The van der Waals surface area contributed by atoms with Crippen LogP contribution >= 0.6 is 11.6 Å². The first-order chi connectivity index (χ1) is 12.6. The molecule has 1 heterocycles. The first kappa shape index (κ1) is 20.0. The fraction of sp³-hybridized carbons (Fsp3) is 0.250. The highest BCUT2D eigenvalue weighted by Gasteiger charge is 2.28. The molecule has 0 aromatic heterocycles. The lowest BCUT2D eigenvalue weighted by molar-refractivity contribution is 0.477. The summed E-state index contributed by atoms with van der Waals surface area (Å²) in [4.78, 5) is -0.777. The summed E-state index contributed by atoms with van der Waals surface area (Å²) in [5, 5.41) is -0.0594. The largest absolute Gasteiger partial charge is 0.278 e. The van der Waals surface area contributed by atoms with Crippen LogP contribution in [0, 0.1) is 11.6 Å². The quantitative estimate of drug-likeness (QED) is 0.780. The van der Waals surface area contributed by atoms with Crippen LogP contribution in [0.15, 0.2) is 46.2 Å². The molecule has 146 valence electrons. The van der Waals surface area contributed by atoms with Crippen molar-refractivity contribution in [1.82, 2.24) is 4.31 Å². The second-order valence-corrected chi connectivity index (χ2v) is 9.99. The molecule has 0 saturated carbocycles. The van der Waals surface area contributed by atoms with E-state index in [0.29, 0.717) is 31.3 Å². The molecule has 1 N–H and O–H groups in total. The van der Waals surface area contributed by atoms with Gasteiger partial charge in [0, 0.05) is 19.2 Å². The van der Waals surface area contributed by atoms with Gasteiger partial charge in [-0.05, 0) is 43.2 Å². The molecule has 3 rings (SSSR count). The molecule has 1 aliphatic rings. The molecule has 0 aliphatic carbocycles. The number of sulfonamides is 2. The van der Waals surface area contributed by atoms with Crippen LogP contribution in [0.5, 0.6) is 0 Å². The van der Waals surface area contributed by atoms with Gasteiger partial charge in [0.05, 0.1) is 20.5 Å². The second kappa shape index (κ2) is 7.34.